The number of nitrogens with one attached hydrogen (secondary N) is 2. The fourth-order valence-electron chi connectivity index (χ4n) is 14.0. The van der Waals surface area contributed by atoms with Gasteiger partial charge in [0.1, 0.15) is 24.0 Å². The molecule has 18 heteroatoms. The number of ketones is 1. The van der Waals surface area contributed by atoms with Crippen molar-refractivity contribution < 1.29 is 72.0 Å². The maximum Gasteiger partial charge on any atom is 0.470 e. The first-order chi connectivity index (χ1) is 48.7. The topological polar surface area (TPSA) is 246 Å². The molecule has 0 spiro atoms. The number of hydrogen-bond acceptors (Lipinski definition) is 12. The summed E-state index contributed by atoms with van der Waals surface area (Å²) in [4.78, 5) is 78.2. The molecule has 100 heavy (non-hydrogen) atoms. The van der Waals surface area contributed by atoms with Crippen LogP contribution in [0.3, 0.4) is 0 Å². The predicted octanol–water partition coefficient (Wildman–Crippen LogP) is 21.3. The molecule has 17 nitrogen and oxygen atoms in total. The third-order valence-corrected chi connectivity index (χ3v) is 20.8. The van der Waals surface area contributed by atoms with Crippen molar-refractivity contribution in [1.29, 1.82) is 0 Å². The molecule has 0 saturated carbocycles. The summed E-state index contributed by atoms with van der Waals surface area (Å²) in [6.45, 7) is 13.4. The molecular formula is C82H159N2O15P. The van der Waals surface area contributed by atoms with Crippen LogP contribution in [-0.2, 0) is 52.0 Å². The number of aliphatic hydroxyl groups is 1. The van der Waals surface area contributed by atoms with Gasteiger partial charge in [-0.3, -0.25) is 23.7 Å². The number of amides is 2. The summed E-state index contributed by atoms with van der Waals surface area (Å²) < 4.78 is 50.7. The van der Waals surface area contributed by atoms with Crippen LogP contribution < -0.4 is 10.6 Å². The van der Waals surface area contributed by atoms with Gasteiger partial charge in [0.25, 0.3) is 0 Å². The minimum atomic E-state index is -5.39. The number of carboxylic acids is 1. The Labute approximate surface area is 612 Å². The molecule has 1 aliphatic heterocycles. The Morgan fingerprint density at radius 2 is 0.670 bits per heavy atom. The van der Waals surface area contributed by atoms with E-state index in [1.54, 1.807) is 0 Å². The summed E-state index contributed by atoms with van der Waals surface area (Å²) in [5, 5.41) is 27.8. The van der Waals surface area contributed by atoms with Gasteiger partial charge in [0.2, 0.25) is 11.8 Å². The summed E-state index contributed by atoms with van der Waals surface area (Å²) >= 11 is 0. The van der Waals surface area contributed by atoms with Gasteiger partial charge >= 0.3 is 13.8 Å². The Kier molecular flexibility index (Phi) is 66.0. The number of hydrogen-bond donors (Lipinski definition) is 6. The van der Waals surface area contributed by atoms with Crippen LogP contribution in [0.1, 0.15) is 414 Å². The van der Waals surface area contributed by atoms with Gasteiger partial charge in [0.15, 0.2) is 6.29 Å². The van der Waals surface area contributed by atoms with Crippen LogP contribution in [0.5, 0.6) is 0 Å². The fraction of sp³-hybridized carbons (Fsp3) is 0.951. The molecule has 2 amide bonds. The normalized spacial score (nSPS) is 17.7. The monoisotopic (exact) mass is 1440 g/mol. The van der Waals surface area contributed by atoms with E-state index >= 15 is 0 Å². The third kappa shape index (κ3) is 56.3. The maximum atomic E-state index is 14.9. The fourth-order valence-corrected chi connectivity index (χ4v) is 14.6. The van der Waals surface area contributed by atoms with Crippen molar-refractivity contribution in [3.8, 4) is 0 Å². The molecule has 1 fully saturated rings. The van der Waals surface area contributed by atoms with Crippen LogP contribution in [0.4, 0.5) is 0 Å². The molecule has 0 radical (unpaired) electrons. The standard InChI is InChI=1S/C82H159N2O15P/c1-7-13-19-25-31-37-40-46-52-58-72(94-61-55-49-43-34-28-22-16-10-4)65-71(86)64-70(81(89)90)69-97-82-79(84-77(88)67-74(60-54-48-42-39-33-27-21-15-9-3)96-63-57-51-45-36-30-24-18-12-6)78(80(75(68-85)98-82)99-100(91,92)93)83-76(87)66-73(59-53-47-41-38-32-26-20-14-8-2)95-62-56-50-44-35-29-23-17-11-5/h70,72-75,78-80,82,85H,7-69H2,1-6H3,(H,83,87)(H,84,88)(H,89,90)(H2,91,92,93)/t70-,72+,73+,74+,75?,78+,79?,80+,82+/m0/s1. The van der Waals surface area contributed by atoms with Gasteiger partial charge in [-0.05, 0) is 38.5 Å². The minimum absolute atomic E-state index is 0.0444. The number of carbonyl (C=O) groups excluding carboxylic acids is 3. The average Bonchev–Trinajstić information content (AvgIpc) is 0.781. The van der Waals surface area contributed by atoms with Crippen LogP contribution in [0.2, 0.25) is 0 Å². The number of aliphatic carboxylic acids is 1. The Morgan fingerprint density at radius 1 is 0.390 bits per heavy atom. The van der Waals surface area contributed by atoms with Crippen molar-refractivity contribution in [2.75, 3.05) is 33.0 Å². The molecule has 1 saturated heterocycles. The van der Waals surface area contributed by atoms with Gasteiger partial charge in [-0.25, -0.2) is 4.57 Å². The van der Waals surface area contributed by atoms with E-state index in [1.807, 2.05) is 0 Å². The second-order valence-corrected chi connectivity index (χ2v) is 31.1. The number of rotatable bonds is 77. The van der Waals surface area contributed by atoms with Gasteiger partial charge in [0, 0.05) is 32.7 Å². The average molecular weight is 1440 g/mol. The first-order valence-electron chi connectivity index (χ1n) is 42.5. The maximum absolute atomic E-state index is 14.9. The molecular weight excluding hydrogens is 1280 g/mol. The molecule has 0 aromatic heterocycles. The SMILES string of the molecule is CCCCCCCCCCC[C@H](CC(=O)C[C@@H](CO[C@@H]1OC(CO)[C@@H](OP(=O)(O)O)[C@H](NC(=O)C[C@@H](CCCCCCCCCCC)OCCCCCCCCCC)C1NC(=O)C[C@@H](CCCCCCCCCCC)OCCCCCCCCCC)C(=O)O)OCCCCCCCCCC. The molecule has 9 atom stereocenters. The van der Waals surface area contributed by atoms with Crippen molar-refractivity contribution >= 4 is 31.4 Å². The van der Waals surface area contributed by atoms with Gasteiger partial charge in [-0.2, -0.15) is 0 Å². The molecule has 0 bridgehead atoms. The summed E-state index contributed by atoms with van der Waals surface area (Å²) in [5.41, 5.74) is 0. The summed E-state index contributed by atoms with van der Waals surface area (Å²) in [7, 11) is -5.39. The number of aliphatic hydroxyl groups excluding tert-OH is 1. The van der Waals surface area contributed by atoms with E-state index in [1.165, 1.54) is 199 Å². The quantitative estimate of drug-likeness (QED) is 0.0245. The lowest BCUT2D eigenvalue weighted by atomic mass is 9.92. The minimum Gasteiger partial charge on any atom is -0.481 e. The van der Waals surface area contributed by atoms with E-state index in [9.17, 15) is 43.7 Å². The molecule has 6 N–H and O–H groups in total. The summed E-state index contributed by atoms with van der Waals surface area (Å²) in [6.07, 6.45) is 53.2. The Bertz CT molecular complexity index is 1850. The van der Waals surface area contributed by atoms with E-state index in [4.69, 9.17) is 28.2 Å². The lowest BCUT2D eigenvalue weighted by Crippen LogP contribution is -2.70. The lowest BCUT2D eigenvalue weighted by molar-refractivity contribution is -0.251. The highest BCUT2D eigenvalue weighted by molar-refractivity contribution is 7.46. The smallest absolute Gasteiger partial charge is 0.470 e. The highest BCUT2D eigenvalue weighted by Gasteiger charge is 2.51. The zero-order chi connectivity index (χ0) is 73.2. The summed E-state index contributed by atoms with van der Waals surface area (Å²) in [5.74, 6) is -4.00. The van der Waals surface area contributed by atoms with Crippen LogP contribution in [-0.4, -0.2) is 125 Å². The molecule has 1 aliphatic rings. The van der Waals surface area contributed by atoms with E-state index in [0.717, 1.165) is 128 Å². The Hall–Kier alpha value is -2.05. The molecule has 0 aliphatic carbocycles. The zero-order valence-electron chi connectivity index (χ0n) is 65.5. The number of carboxylic acid groups (broad SMARTS) is 1. The first-order valence-corrected chi connectivity index (χ1v) is 44.0. The lowest BCUT2D eigenvalue weighted by Gasteiger charge is -2.46. The Morgan fingerprint density at radius 3 is 0.960 bits per heavy atom. The van der Waals surface area contributed by atoms with E-state index in [0.29, 0.717) is 39.1 Å². The van der Waals surface area contributed by atoms with Crippen molar-refractivity contribution in [3.63, 3.8) is 0 Å². The molecule has 0 aromatic carbocycles. The number of Topliss-reactive ketones (excluding diaryl/α,β-unsaturated/α-hetero) is 1. The number of phosphoric ester groups is 1. The zero-order valence-corrected chi connectivity index (χ0v) is 66.4. The van der Waals surface area contributed by atoms with Crippen LogP contribution in [0, 0.1) is 5.92 Å². The van der Waals surface area contributed by atoms with E-state index in [2.05, 4.69) is 52.2 Å². The molecule has 592 valence electrons. The highest BCUT2D eigenvalue weighted by Crippen LogP contribution is 2.42. The van der Waals surface area contributed by atoms with Crippen LogP contribution in [0.25, 0.3) is 0 Å². The van der Waals surface area contributed by atoms with Crippen LogP contribution in [0.15, 0.2) is 0 Å². The number of unbranched alkanes of at least 4 members (excludes halogenated alkanes) is 45. The number of ether oxygens (including phenoxy) is 5. The molecule has 2 unspecified atom stereocenters. The van der Waals surface area contributed by atoms with Gasteiger partial charge in [-0.1, -0.05) is 350 Å². The number of carbonyl (C=O) groups is 4. The Balaban J connectivity index is 3.73. The second kappa shape index (κ2) is 68.7. The van der Waals surface area contributed by atoms with Gasteiger partial charge < -0.3 is 54.3 Å². The van der Waals surface area contributed by atoms with E-state index < -0.39 is 87.5 Å². The highest BCUT2D eigenvalue weighted by atomic mass is 31.2. The molecule has 1 heterocycles. The predicted molar refractivity (Wildman–Crippen MR) is 410 cm³/mol. The second-order valence-electron chi connectivity index (χ2n) is 30.0. The molecule has 0 aromatic rings. The van der Waals surface area contributed by atoms with Crippen molar-refractivity contribution in [2.45, 2.75) is 463 Å². The van der Waals surface area contributed by atoms with Crippen LogP contribution >= 0.6 is 7.82 Å². The van der Waals surface area contributed by atoms with Crippen molar-refractivity contribution in [3.05, 3.63) is 0 Å². The van der Waals surface area contributed by atoms with Crippen molar-refractivity contribution in [2.24, 2.45) is 5.92 Å². The number of phosphoric acid groups is 1. The third-order valence-electron chi connectivity index (χ3n) is 20.3. The largest absolute Gasteiger partial charge is 0.481 e. The summed E-state index contributed by atoms with van der Waals surface area (Å²) in [6, 6.07) is -2.93. The van der Waals surface area contributed by atoms with Crippen molar-refractivity contribution in [1.82, 2.24) is 10.6 Å². The van der Waals surface area contributed by atoms with Gasteiger partial charge in [-0.15, -0.1) is 0 Å². The van der Waals surface area contributed by atoms with E-state index in [-0.39, 0.29) is 37.6 Å². The van der Waals surface area contributed by atoms with Gasteiger partial charge in [0.05, 0.1) is 56.3 Å². The molecule has 1 rings (SSSR count). The first kappa shape index (κ1) is 96.0.